The topological polar surface area (TPSA) is 157 Å². The maximum absolute atomic E-state index is 10.8. The van der Waals surface area contributed by atoms with Gasteiger partial charge < -0.3 is 20.9 Å². The summed E-state index contributed by atoms with van der Waals surface area (Å²) in [7, 11) is 0. The zero-order valence-corrected chi connectivity index (χ0v) is 15.2. The fraction of sp³-hybridized carbons (Fsp3) is 0.333. The molecule has 0 aliphatic heterocycles. The Balaban J connectivity index is 1.63. The quantitative estimate of drug-likeness (QED) is 0.254. The summed E-state index contributed by atoms with van der Waals surface area (Å²) in [6, 6.07) is 8.73. The highest BCUT2D eigenvalue weighted by molar-refractivity contribution is 5.61. The third-order valence-corrected chi connectivity index (χ3v) is 3.97. The van der Waals surface area contributed by atoms with E-state index in [1.807, 2.05) is 0 Å². The van der Waals surface area contributed by atoms with E-state index >= 15 is 0 Å². The normalized spacial score (nSPS) is 10.4. The zero-order valence-electron chi connectivity index (χ0n) is 15.2. The number of rotatable bonds is 11. The molecule has 0 aliphatic carbocycles. The molecule has 10 nitrogen and oxygen atoms in total. The molecule has 2 aromatic rings. The van der Waals surface area contributed by atoms with Crippen molar-refractivity contribution < 1.29 is 19.3 Å². The highest BCUT2D eigenvalue weighted by Crippen LogP contribution is 2.27. The third-order valence-electron chi connectivity index (χ3n) is 3.97. The van der Waals surface area contributed by atoms with Gasteiger partial charge in [0.1, 0.15) is 22.9 Å². The molecule has 0 heterocycles. The van der Waals surface area contributed by atoms with Crippen LogP contribution in [0, 0.1) is 20.2 Å². The molecular weight excluding hydrogens is 368 g/mol. The summed E-state index contributed by atoms with van der Waals surface area (Å²) in [5.74, 6) is 0.823. The van der Waals surface area contributed by atoms with Crippen LogP contribution in [0.2, 0.25) is 0 Å². The summed E-state index contributed by atoms with van der Waals surface area (Å²) >= 11 is 0. The van der Waals surface area contributed by atoms with Crippen LogP contribution in [-0.2, 0) is 0 Å². The van der Waals surface area contributed by atoms with E-state index in [2.05, 4.69) is 0 Å². The molecule has 0 bridgehead atoms. The van der Waals surface area contributed by atoms with Crippen molar-refractivity contribution >= 4 is 22.7 Å². The summed E-state index contributed by atoms with van der Waals surface area (Å²) in [6.45, 7) is 0.873. The van der Waals surface area contributed by atoms with Crippen molar-refractivity contribution in [3.63, 3.8) is 0 Å². The van der Waals surface area contributed by atoms with Gasteiger partial charge in [-0.1, -0.05) is 0 Å². The Hall–Kier alpha value is -3.56. The van der Waals surface area contributed by atoms with Gasteiger partial charge in [0.05, 0.1) is 35.2 Å². The van der Waals surface area contributed by atoms with Crippen LogP contribution in [0.3, 0.4) is 0 Å². The Labute approximate surface area is 161 Å². The van der Waals surface area contributed by atoms with Gasteiger partial charge in [0.25, 0.3) is 11.4 Å². The first-order valence-electron chi connectivity index (χ1n) is 8.72. The van der Waals surface area contributed by atoms with Crippen LogP contribution >= 0.6 is 0 Å². The molecule has 0 fully saturated rings. The molecule has 0 spiro atoms. The number of nitro benzene ring substituents is 2. The van der Waals surface area contributed by atoms with Crippen molar-refractivity contribution in [2.45, 2.75) is 25.7 Å². The lowest BCUT2D eigenvalue weighted by atomic mass is 10.2. The second-order valence-electron chi connectivity index (χ2n) is 6.07. The molecule has 4 N–H and O–H groups in total. The van der Waals surface area contributed by atoms with Gasteiger partial charge in [-0.15, -0.1) is 0 Å². The van der Waals surface area contributed by atoms with E-state index in [1.165, 1.54) is 24.3 Å². The largest absolute Gasteiger partial charge is 0.493 e. The van der Waals surface area contributed by atoms with Gasteiger partial charge >= 0.3 is 0 Å². The van der Waals surface area contributed by atoms with Crippen LogP contribution in [0.25, 0.3) is 0 Å². The lowest BCUT2D eigenvalue weighted by molar-refractivity contribution is -0.384. The van der Waals surface area contributed by atoms with Gasteiger partial charge in [0.2, 0.25) is 0 Å². The second-order valence-corrected chi connectivity index (χ2v) is 6.07. The fourth-order valence-electron chi connectivity index (χ4n) is 2.48. The molecule has 2 aromatic carbocycles. The Bertz CT molecular complexity index is 773. The highest BCUT2D eigenvalue weighted by atomic mass is 16.6. The molecule has 28 heavy (non-hydrogen) atoms. The van der Waals surface area contributed by atoms with Gasteiger partial charge in [-0.2, -0.15) is 0 Å². The van der Waals surface area contributed by atoms with Crippen LogP contribution < -0.4 is 20.9 Å². The molecule has 10 heteroatoms. The lowest BCUT2D eigenvalue weighted by Gasteiger charge is -2.08. The number of hydrogen-bond acceptors (Lipinski definition) is 8. The third kappa shape index (κ3) is 6.01. The minimum absolute atomic E-state index is 0.101. The first kappa shape index (κ1) is 20.7. The lowest BCUT2D eigenvalue weighted by Crippen LogP contribution is -2.02. The molecule has 0 aliphatic rings. The summed E-state index contributed by atoms with van der Waals surface area (Å²) < 4.78 is 11.0. The van der Waals surface area contributed by atoms with Crippen molar-refractivity contribution in [3.05, 3.63) is 56.6 Å². The van der Waals surface area contributed by atoms with Crippen LogP contribution in [0.5, 0.6) is 11.5 Å². The van der Waals surface area contributed by atoms with Crippen LogP contribution in [0.4, 0.5) is 22.7 Å². The van der Waals surface area contributed by atoms with Crippen molar-refractivity contribution in [1.29, 1.82) is 0 Å². The fourth-order valence-corrected chi connectivity index (χ4v) is 2.48. The predicted octanol–water partition coefficient (Wildman–Crippen LogP) is 3.69. The van der Waals surface area contributed by atoms with Crippen LogP contribution in [0.15, 0.2) is 36.4 Å². The molecule has 0 amide bonds. The first-order chi connectivity index (χ1) is 13.4. The minimum atomic E-state index is -0.544. The van der Waals surface area contributed by atoms with E-state index in [4.69, 9.17) is 20.9 Å². The maximum Gasteiger partial charge on any atom is 0.295 e. The molecule has 150 valence electrons. The van der Waals surface area contributed by atoms with Crippen LogP contribution in [-0.4, -0.2) is 23.1 Å². The monoisotopic (exact) mass is 390 g/mol. The molecule has 0 radical (unpaired) electrons. The number of nitro groups is 2. The number of nitrogens with two attached hydrogens (primary N) is 2. The Morgan fingerprint density at radius 1 is 0.714 bits per heavy atom. The SMILES string of the molecule is Nc1ccc(OCCCCCCOc2ccc(N)c([N+](=O)[O-])c2)cc1[N+](=O)[O-]. The van der Waals surface area contributed by atoms with E-state index in [0.717, 1.165) is 25.7 Å². The number of hydrogen-bond donors (Lipinski definition) is 2. The van der Waals surface area contributed by atoms with E-state index < -0.39 is 9.85 Å². The van der Waals surface area contributed by atoms with E-state index in [-0.39, 0.29) is 22.7 Å². The smallest absolute Gasteiger partial charge is 0.295 e. The highest BCUT2D eigenvalue weighted by Gasteiger charge is 2.13. The van der Waals surface area contributed by atoms with Crippen molar-refractivity contribution in [2.24, 2.45) is 0 Å². The van der Waals surface area contributed by atoms with Crippen molar-refractivity contribution in [1.82, 2.24) is 0 Å². The number of benzene rings is 2. The standard InChI is InChI=1S/C18H22N4O6/c19-15-7-5-13(11-17(15)21(23)24)27-9-3-1-2-4-10-28-14-6-8-16(20)18(12-14)22(25)26/h5-8,11-12H,1-4,9-10,19-20H2. The van der Waals surface area contributed by atoms with Crippen molar-refractivity contribution in [2.75, 3.05) is 24.7 Å². The molecule has 0 saturated heterocycles. The van der Waals surface area contributed by atoms with Gasteiger partial charge in [-0.3, -0.25) is 20.2 Å². The second kappa shape index (κ2) is 9.95. The summed E-state index contributed by atoms with van der Waals surface area (Å²) in [5, 5.41) is 21.7. The summed E-state index contributed by atoms with van der Waals surface area (Å²) in [5.41, 5.74) is 10.9. The number of unbranched alkanes of at least 4 members (excludes halogenated alkanes) is 3. The van der Waals surface area contributed by atoms with Gasteiger partial charge in [0.15, 0.2) is 0 Å². The van der Waals surface area contributed by atoms with Gasteiger partial charge in [-0.25, -0.2) is 0 Å². The number of nitrogens with zero attached hydrogens (tertiary/aromatic N) is 2. The van der Waals surface area contributed by atoms with E-state index in [9.17, 15) is 20.2 Å². The molecule has 0 atom stereocenters. The predicted molar refractivity (Wildman–Crippen MR) is 104 cm³/mol. The zero-order chi connectivity index (χ0) is 20.5. The molecule has 2 rings (SSSR count). The molecule has 0 unspecified atom stereocenters. The molecule has 0 saturated carbocycles. The Morgan fingerprint density at radius 3 is 1.46 bits per heavy atom. The summed E-state index contributed by atoms with van der Waals surface area (Å²) in [4.78, 5) is 20.6. The van der Waals surface area contributed by atoms with Gasteiger partial charge in [-0.05, 0) is 49.9 Å². The number of nitrogen functional groups attached to an aromatic ring is 2. The number of anilines is 2. The maximum atomic E-state index is 10.8. The minimum Gasteiger partial charge on any atom is -0.493 e. The summed E-state index contributed by atoms with van der Waals surface area (Å²) in [6.07, 6.45) is 3.35. The molecular formula is C18H22N4O6. The first-order valence-corrected chi connectivity index (χ1v) is 8.72. The van der Waals surface area contributed by atoms with Crippen molar-refractivity contribution in [3.8, 4) is 11.5 Å². The Kier molecular flexibility index (Phi) is 7.37. The van der Waals surface area contributed by atoms with E-state index in [1.54, 1.807) is 12.1 Å². The average Bonchev–Trinajstić information content (AvgIpc) is 2.65. The average molecular weight is 390 g/mol. The van der Waals surface area contributed by atoms with Crippen LogP contribution in [0.1, 0.15) is 25.7 Å². The Morgan fingerprint density at radius 2 is 1.11 bits per heavy atom. The molecule has 0 aromatic heterocycles. The van der Waals surface area contributed by atoms with E-state index in [0.29, 0.717) is 24.7 Å². The number of ether oxygens (including phenoxy) is 2. The van der Waals surface area contributed by atoms with Gasteiger partial charge in [0, 0.05) is 0 Å².